The maximum atomic E-state index is 13.9. The van der Waals surface area contributed by atoms with Crippen molar-refractivity contribution in [2.45, 2.75) is 38.9 Å². The molecular weight excluding hydrogens is 553 g/mol. The normalized spacial score (nSPS) is 16.1. The predicted octanol–water partition coefficient (Wildman–Crippen LogP) is 5.73. The first-order valence-electron chi connectivity index (χ1n) is 11.1. The second-order valence-electron chi connectivity index (χ2n) is 8.23. The van der Waals surface area contributed by atoms with Gasteiger partial charge in [-0.25, -0.2) is 9.59 Å². The number of amides is 2. The fourth-order valence-electron chi connectivity index (χ4n) is 4.34. The minimum atomic E-state index is -4.66. The SMILES string of the molecule is C#Cc1ccc(C2C(C(=O)OC)=C(C)N(c3ccc(CCC)c(C(F)(F)F)c3)C(=N)N2C(N)=O)c(Br)c1. The number of anilines is 1. The maximum absolute atomic E-state index is 13.9. The average Bonchev–Trinajstić information content (AvgIpc) is 2.83. The highest BCUT2D eigenvalue weighted by molar-refractivity contribution is 9.10. The summed E-state index contributed by atoms with van der Waals surface area (Å²) in [6, 6.07) is 6.07. The van der Waals surface area contributed by atoms with Gasteiger partial charge in [0.05, 0.1) is 18.2 Å². The molecule has 0 saturated carbocycles. The first kappa shape index (κ1) is 27.8. The number of primary amides is 1. The zero-order valence-corrected chi connectivity index (χ0v) is 21.8. The number of terminal acetylenes is 1. The largest absolute Gasteiger partial charge is 0.466 e. The van der Waals surface area contributed by atoms with Crippen LogP contribution in [0.15, 0.2) is 52.1 Å². The first-order valence-corrected chi connectivity index (χ1v) is 11.9. The van der Waals surface area contributed by atoms with Gasteiger partial charge in [0.15, 0.2) is 0 Å². The van der Waals surface area contributed by atoms with Gasteiger partial charge in [-0.2, -0.15) is 13.2 Å². The molecule has 0 spiro atoms. The molecule has 1 heterocycles. The van der Waals surface area contributed by atoms with Crippen LogP contribution in [-0.2, 0) is 22.1 Å². The minimum absolute atomic E-state index is 0.0671. The molecule has 2 aromatic carbocycles. The topological polar surface area (TPSA) is 99.7 Å². The predicted molar refractivity (Wildman–Crippen MR) is 137 cm³/mol. The number of alkyl halides is 3. The molecule has 2 amide bonds. The first-order chi connectivity index (χ1) is 17.4. The van der Waals surface area contributed by atoms with E-state index in [1.165, 1.54) is 19.1 Å². The van der Waals surface area contributed by atoms with Crippen molar-refractivity contribution in [3.8, 4) is 12.3 Å². The van der Waals surface area contributed by atoms with E-state index in [0.29, 0.717) is 22.0 Å². The second kappa shape index (κ2) is 10.7. The zero-order valence-electron chi connectivity index (χ0n) is 20.2. The molecule has 3 N–H and O–H groups in total. The molecule has 1 atom stereocenters. The number of esters is 1. The van der Waals surface area contributed by atoms with Crippen LogP contribution in [0, 0.1) is 17.8 Å². The standard InChI is InChI=1S/C26H24BrF3N4O3/c1-5-7-16-9-10-17(13-19(16)26(28,29)30)33-14(3)21(23(35)37-4)22(34(24(33)31)25(32)36)18-11-8-15(6-2)12-20(18)27/h2,8-13,22,31H,5,7H2,1,3-4H3,(H2,32,36). The lowest BCUT2D eigenvalue weighted by Crippen LogP contribution is -2.55. The fourth-order valence-corrected chi connectivity index (χ4v) is 4.94. The van der Waals surface area contributed by atoms with Crippen LogP contribution in [-0.4, -0.2) is 30.0 Å². The fraction of sp³-hybridized carbons (Fsp3) is 0.269. The Kier molecular flexibility index (Phi) is 8.03. The molecule has 194 valence electrons. The van der Waals surface area contributed by atoms with E-state index in [-0.39, 0.29) is 28.9 Å². The van der Waals surface area contributed by atoms with E-state index in [1.54, 1.807) is 25.1 Å². The number of carbonyl (C=O) groups excluding carboxylic acids is 2. The van der Waals surface area contributed by atoms with Crippen LogP contribution in [0.25, 0.3) is 0 Å². The summed E-state index contributed by atoms with van der Waals surface area (Å²) in [4.78, 5) is 27.6. The zero-order chi connectivity index (χ0) is 27.7. The van der Waals surface area contributed by atoms with Gasteiger partial charge in [-0.05, 0) is 48.7 Å². The molecule has 3 rings (SSSR count). The smallest absolute Gasteiger partial charge is 0.416 e. The Bertz CT molecular complexity index is 1350. The number of hydrogen-bond donors (Lipinski definition) is 2. The summed E-state index contributed by atoms with van der Waals surface area (Å²) in [5, 5.41) is 8.82. The number of methoxy groups -OCH3 is 1. The highest BCUT2D eigenvalue weighted by Gasteiger charge is 2.44. The van der Waals surface area contributed by atoms with Gasteiger partial charge >= 0.3 is 18.2 Å². The van der Waals surface area contributed by atoms with Gasteiger partial charge in [0.1, 0.15) is 6.04 Å². The molecule has 0 aromatic heterocycles. The Morgan fingerprint density at radius 3 is 2.43 bits per heavy atom. The van der Waals surface area contributed by atoms with Crippen LogP contribution in [0.2, 0.25) is 0 Å². The Hall–Kier alpha value is -3.78. The second-order valence-corrected chi connectivity index (χ2v) is 9.08. The van der Waals surface area contributed by atoms with Crippen LogP contribution in [0.5, 0.6) is 0 Å². The van der Waals surface area contributed by atoms with Crippen molar-refractivity contribution in [3.05, 3.63) is 74.4 Å². The number of benzene rings is 2. The molecule has 7 nitrogen and oxygen atoms in total. The van der Waals surface area contributed by atoms with Gasteiger partial charge in [-0.15, -0.1) is 6.42 Å². The summed E-state index contributed by atoms with van der Waals surface area (Å²) < 4.78 is 47.1. The quantitative estimate of drug-likeness (QED) is 0.351. The van der Waals surface area contributed by atoms with Gasteiger partial charge in [0.25, 0.3) is 0 Å². The van der Waals surface area contributed by atoms with Crippen molar-refractivity contribution in [1.29, 1.82) is 5.41 Å². The molecule has 2 aromatic rings. The monoisotopic (exact) mass is 576 g/mol. The van der Waals surface area contributed by atoms with Crippen molar-refractivity contribution in [1.82, 2.24) is 4.90 Å². The number of carbonyl (C=O) groups is 2. The summed E-state index contributed by atoms with van der Waals surface area (Å²) >= 11 is 3.39. The number of ether oxygens (including phenoxy) is 1. The third-order valence-electron chi connectivity index (χ3n) is 5.98. The van der Waals surface area contributed by atoms with E-state index in [9.17, 15) is 22.8 Å². The molecule has 37 heavy (non-hydrogen) atoms. The summed E-state index contributed by atoms with van der Waals surface area (Å²) in [5.74, 6) is 1.09. The average molecular weight is 577 g/mol. The van der Waals surface area contributed by atoms with Crippen LogP contribution in [0.4, 0.5) is 23.7 Å². The number of allylic oxidation sites excluding steroid dienone is 1. The third kappa shape index (κ3) is 5.20. The number of aryl methyl sites for hydroxylation is 1. The Morgan fingerprint density at radius 1 is 1.24 bits per heavy atom. The number of nitrogens with zero attached hydrogens (tertiary/aromatic N) is 2. The molecule has 1 unspecified atom stereocenters. The van der Waals surface area contributed by atoms with Gasteiger partial charge in [-0.3, -0.25) is 15.2 Å². The van der Waals surface area contributed by atoms with Crippen molar-refractivity contribution in [2.75, 3.05) is 12.0 Å². The van der Waals surface area contributed by atoms with E-state index in [1.807, 2.05) is 0 Å². The summed E-state index contributed by atoms with van der Waals surface area (Å²) in [6.07, 6.45) is 1.50. The van der Waals surface area contributed by atoms with Crippen molar-refractivity contribution in [3.63, 3.8) is 0 Å². The van der Waals surface area contributed by atoms with Crippen LogP contribution in [0.3, 0.4) is 0 Å². The van der Waals surface area contributed by atoms with Gasteiger partial charge in [0.2, 0.25) is 5.96 Å². The van der Waals surface area contributed by atoms with E-state index < -0.39 is 35.7 Å². The summed E-state index contributed by atoms with van der Waals surface area (Å²) in [7, 11) is 1.14. The number of rotatable bonds is 5. The Balaban J connectivity index is 2.33. The lowest BCUT2D eigenvalue weighted by atomic mass is 9.92. The highest BCUT2D eigenvalue weighted by Crippen LogP contribution is 2.43. The molecule has 1 aliphatic rings. The Labute approximate surface area is 220 Å². The lowest BCUT2D eigenvalue weighted by Gasteiger charge is -2.43. The molecule has 0 radical (unpaired) electrons. The van der Waals surface area contributed by atoms with Crippen LogP contribution in [0.1, 0.15) is 48.6 Å². The van der Waals surface area contributed by atoms with E-state index in [2.05, 4.69) is 21.9 Å². The molecule has 0 fully saturated rings. The molecule has 11 heteroatoms. The molecular formula is C26H24BrF3N4O3. The molecule has 0 aliphatic carbocycles. The third-order valence-corrected chi connectivity index (χ3v) is 6.66. The summed E-state index contributed by atoms with van der Waals surface area (Å²) in [5.41, 5.74) is 5.72. The van der Waals surface area contributed by atoms with Crippen molar-refractivity contribution >= 4 is 39.6 Å². The van der Waals surface area contributed by atoms with Crippen LogP contribution < -0.4 is 10.6 Å². The van der Waals surface area contributed by atoms with Gasteiger partial charge in [-0.1, -0.05) is 47.3 Å². The molecule has 0 saturated heterocycles. The minimum Gasteiger partial charge on any atom is -0.466 e. The number of halogens is 4. The van der Waals surface area contributed by atoms with E-state index >= 15 is 0 Å². The number of hydrogen-bond acceptors (Lipinski definition) is 4. The number of nitrogens with one attached hydrogen (secondary N) is 1. The summed E-state index contributed by atoms with van der Waals surface area (Å²) in [6.45, 7) is 3.23. The van der Waals surface area contributed by atoms with Crippen molar-refractivity contribution in [2.24, 2.45) is 5.73 Å². The number of nitrogens with two attached hydrogens (primary N) is 1. The van der Waals surface area contributed by atoms with Gasteiger partial charge in [0, 0.05) is 21.4 Å². The lowest BCUT2D eigenvalue weighted by molar-refractivity contribution is -0.138. The number of guanidine groups is 1. The Morgan fingerprint density at radius 2 is 1.92 bits per heavy atom. The van der Waals surface area contributed by atoms with Crippen molar-refractivity contribution < 1.29 is 27.5 Å². The molecule has 0 bridgehead atoms. The van der Waals surface area contributed by atoms with Gasteiger partial charge < -0.3 is 10.5 Å². The maximum Gasteiger partial charge on any atom is 0.416 e. The van der Waals surface area contributed by atoms with E-state index in [0.717, 1.165) is 23.0 Å². The highest BCUT2D eigenvalue weighted by atomic mass is 79.9. The van der Waals surface area contributed by atoms with E-state index in [4.69, 9.17) is 22.3 Å². The number of urea groups is 1. The molecule has 1 aliphatic heterocycles. The van der Waals surface area contributed by atoms with Crippen LogP contribution >= 0.6 is 15.9 Å².